The molecule has 54 heavy (non-hydrogen) atoms. The largest absolute Gasteiger partial charge is 0.440 e. The normalized spacial score (nSPS) is 13.3. The second-order valence-corrected chi connectivity index (χ2v) is 14.5. The molecule has 3 nitrogen and oxygen atoms in total. The number of aromatic nitrogens is 1. The minimum atomic E-state index is -0.478. The van der Waals surface area contributed by atoms with Gasteiger partial charge in [0.15, 0.2) is 0 Å². The van der Waals surface area contributed by atoms with Crippen molar-refractivity contribution in [1.82, 2.24) is 4.57 Å². The van der Waals surface area contributed by atoms with E-state index in [9.17, 15) is 0 Å². The van der Waals surface area contributed by atoms with Gasteiger partial charge in [0.05, 0.1) is 22.1 Å². The number of para-hydroxylation sites is 4. The van der Waals surface area contributed by atoms with E-state index in [-0.39, 0.29) is 0 Å². The van der Waals surface area contributed by atoms with Gasteiger partial charge in [-0.3, -0.25) is 4.90 Å². The van der Waals surface area contributed by atoms with Crippen molar-refractivity contribution in [2.75, 3.05) is 4.90 Å². The molecule has 1 aliphatic carbocycles. The zero-order valence-electron chi connectivity index (χ0n) is 29.3. The molecule has 0 N–H and O–H groups in total. The number of anilines is 3. The molecule has 3 heterocycles. The summed E-state index contributed by atoms with van der Waals surface area (Å²) in [5.74, 6) is 0.786. The fourth-order valence-corrected chi connectivity index (χ4v) is 9.60. The van der Waals surface area contributed by atoms with E-state index >= 15 is 0 Å². The van der Waals surface area contributed by atoms with Crippen molar-refractivity contribution in [3.63, 3.8) is 0 Å². The van der Waals surface area contributed by atoms with Crippen LogP contribution in [0, 0.1) is 0 Å². The molecule has 10 aromatic rings. The molecule has 1 spiro atoms. The maximum absolute atomic E-state index is 6.43. The van der Waals surface area contributed by atoms with Crippen LogP contribution >= 0.6 is 0 Å². The smallest absolute Gasteiger partial charge is 0.205 e. The molecule has 8 aromatic carbocycles. The highest BCUT2D eigenvalue weighted by atomic mass is 16.4. The van der Waals surface area contributed by atoms with E-state index in [1.807, 2.05) is 18.2 Å². The summed E-state index contributed by atoms with van der Waals surface area (Å²) in [6.45, 7) is 0. The summed E-state index contributed by atoms with van der Waals surface area (Å²) in [5.41, 5.74) is 16.5. The number of fused-ring (bicyclic) bond motifs is 13. The molecular formula is C51H32N2O. The Morgan fingerprint density at radius 3 is 1.87 bits per heavy atom. The first-order chi connectivity index (χ1) is 26.8. The monoisotopic (exact) mass is 688 g/mol. The third-order valence-corrected chi connectivity index (χ3v) is 11.8. The van der Waals surface area contributed by atoms with Crippen LogP contribution in [0.25, 0.3) is 60.7 Å². The van der Waals surface area contributed by atoms with E-state index in [2.05, 4.69) is 185 Å². The zero-order chi connectivity index (χ0) is 35.4. The number of nitrogens with zero attached hydrogens (tertiary/aromatic N) is 2. The molecule has 0 unspecified atom stereocenters. The van der Waals surface area contributed by atoms with Crippen molar-refractivity contribution in [1.29, 1.82) is 0 Å². The highest BCUT2D eigenvalue weighted by molar-refractivity contribution is 6.13. The van der Waals surface area contributed by atoms with Crippen molar-refractivity contribution in [3.8, 4) is 27.9 Å². The van der Waals surface area contributed by atoms with Crippen molar-refractivity contribution in [3.05, 3.63) is 216 Å². The van der Waals surface area contributed by atoms with Crippen LogP contribution in [0.5, 0.6) is 0 Å². The molecule has 3 heteroatoms. The number of hydrogen-bond donors (Lipinski definition) is 0. The Hall–Kier alpha value is -7.10. The Labute approximate surface area is 312 Å². The van der Waals surface area contributed by atoms with Gasteiger partial charge in [0.2, 0.25) is 5.88 Å². The maximum Gasteiger partial charge on any atom is 0.205 e. The van der Waals surface area contributed by atoms with E-state index in [1.165, 1.54) is 66.4 Å². The van der Waals surface area contributed by atoms with Crippen molar-refractivity contribution in [2.45, 2.75) is 5.41 Å². The van der Waals surface area contributed by atoms with Crippen LogP contribution in [0.15, 0.2) is 199 Å². The molecule has 2 aliphatic rings. The molecule has 0 atom stereocenters. The Bertz CT molecular complexity index is 3030. The highest BCUT2D eigenvalue weighted by Crippen LogP contribution is 2.61. The van der Waals surface area contributed by atoms with E-state index < -0.39 is 5.41 Å². The van der Waals surface area contributed by atoms with Gasteiger partial charge >= 0.3 is 0 Å². The van der Waals surface area contributed by atoms with Gasteiger partial charge in [-0.25, -0.2) is 0 Å². The first-order valence-corrected chi connectivity index (χ1v) is 18.6. The number of benzene rings is 8. The maximum atomic E-state index is 6.43. The Balaban J connectivity index is 1.08. The van der Waals surface area contributed by atoms with E-state index in [1.54, 1.807) is 0 Å². The first-order valence-electron chi connectivity index (χ1n) is 18.6. The minimum Gasteiger partial charge on any atom is -0.440 e. The molecule has 252 valence electrons. The zero-order valence-corrected chi connectivity index (χ0v) is 29.3. The average Bonchev–Trinajstić information content (AvgIpc) is 3.91. The Kier molecular flexibility index (Phi) is 5.98. The van der Waals surface area contributed by atoms with E-state index in [4.69, 9.17) is 4.42 Å². The summed E-state index contributed by atoms with van der Waals surface area (Å²) in [5, 5.41) is 3.66. The minimum absolute atomic E-state index is 0.478. The summed E-state index contributed by atoms with van der Waals surface area (Å²) < 4.78 is 8.94. The molecule has 0 saturated carbocycles. The van der Waals surface area contributed by atoms with Gasteiger partial charge in [0.25, 0.3) is 0 Å². The van der Waals surface area contributed by atoms with Gasteiger partial charge in [-0.15, -0.1) is 0 Å². The predicted octanol–water partition coefficient (Wildman–Crippen LogP) is 13.3. The molecule has 0 fully saturated rings. The lowest BCUT2D eigenvalue weighted by Gasteiger charge is -2.40. The molecule has 1 aliphatic heterocycles. The lowest BCUT2D eigenvalue weighted by Crippen LogP contribution is -2.33. The van der Waals surface area contributed by atoms with E-state index in [0.29, 0.717) is 0 Å². The van der Waals surface area contributed by atoms with Crippen molar-refractivity contribution >= 4 is 50.0 Å². The van der Waals surface area contributed by atoms with Gasteiger partial charge in [0.1, 0.15) is 5.58 Å². The molecule has 0 amide bonds. The van der Waals surface area contributed by atoms with Crippen LogP contribution < -0.4 is 4.90 Å². The molecule has 0 bridgehead atoms. The molecule has 2 aromatic heterocycles. The SMILES string of the molecule is c1ccc(N(c2ccc(-c3ccc4c(c3)C3(c5ccccc5-c5ccccc53)c3cccc5c6ccccc6n-4c35)cc2)c2cc3ccccc3o2)cc1. The van der Waals surface area contributed by atoms with Gasteiger partial charge in [-0.05, 0) is 93.0 Å². The first kappa shape index (κ1) is 29.5. The van der Waals surface area contributed by atoms with Crippen LogP contribution in [-0.2, 0) is 5.41 Å². The fourth-order valence-electron chi connectivity index (χ4n) is 9.60. The summed E-state index contributed by atoms with van der Waals surface area (Å²) in [6.07, 6.45) is 0. The number of hydrogen-bond acceptors (Lipinski definition) is 2. The Morgan fingerprint density at radius 2 is 1.07 bits per heavy atom. The van der Waals surface area contributed by atoms with Gasteiger partial charge in [-0.1, -0.05) is 140 Å². The molecule has 12 rings (SSSR count). The summed E-state index contributed by atoms with van der Waals surface area (Å²) in [6, 6.07) is 70.7. The lowest BCUT2D eigenvalue weighted by atomic mass is 9.65. The van der Waals surface area contributed by atoms with Gasteiger partial charge < -0.3 is 8.98 Å². The van der Waals surface area contributed by atoms with Gasteiger partial charge in [0, 0.05) is 33.6 Å². The molecule has 0 radical (unpaired) electrons. The third-order valence-electron chi connectivity index (χ3n) is 11.8. The van der Waals surface area contributed by atoms with Crippen LogP contribution in [0.4, 0.5) is 17.3 Å². The average molecular weight is 689 g/mol. The van der Waals surface area contributed by atoms with Crippen molar-refractivity contribution < 1.29 is 4.42 Å². The summed E-state index contributed by atoms with van der Waals surface area (Å²) >= 11 is 0. The van der Waals surface area contributed by atoms with Crippen LogP contribution in [0.2, 0.25) is 0 Å². The third kappa shape index (κ3) is 3.85. The summed E-state index contributed by atoms with van der Waals surface area (Å²) in [7, 11) is 0. The Morgan fingerprint density at radius 1 is 0.444 bits per heavy atom. The molecule has 0 saturated heterocycles. The van der Waals surface area contributed by atoms with E-state index in [0.717, 1.165) is 33.8 Å². The van der Waals surface area contributed by atoms with Crippen LogP contribution in [-0.4, -0.2) is 4.57 Å². The number of furan rings is 1. The topological polar surface area (TPSA) is 21.3 Å². The van der Waals surface area contributed by atoms with Crippen LogP contribution in [0.1, 0.15) is 22.3 Å². The standard InChI is InChI=1S/C51H32N2O/c1-2-14-36(15-3-1)52(49-32-35-13-4-11-24-48(35)54-49)37-28-25-33(26-29-37)34-27-30-47-45(31-34)51(42-20-8-5-16-38(42)39-17-6-9-21-43(39)51)44-22-12-19-41-40-18-7-10-23-46(40)53(47)50(41)44/h1-32H. The fraction of sp³-hybridized carbons (Fsp3) is 0.0196. The molecular weight excluding hydrogens is 657 g/mol. The van der Waals surface area contributed by atoms with Crippen LogP contribution in [0.3, 0.4) is 0 Å². The second-order valence-electron chi connectivity index (χ2n) is 14.5. The van der Waals surface area contributed by atoms with Crippen molar-refractivity contribution in [2.24, 2.45) is 0 Å². The second kappa shape index (κ2) is 11.0. The number of rotatable bonds is 4. The lowest BCUT2D eigenvalue weighted by molar-refractivity contribution is 0.621. The quantitative estimate of drug-likeness (QED) is 0.184. The van der Waals surface area contributed by atoms with Gasteiger partial charge in [-0.2, -0.15) is 0 Å². The highest BCUT2D eigenvalue weighted by Gasteiger charge is 2.50. The predicted molar refractivity (Wildman–Crippen MR) is 222 cm³/mol. The summed E-state index contributed by atoms with van der Waals surface area (Å²) in [4.78, 5) is 2.19.